The molecule has 0 heterocycles. The van der Waals surface area contributed by atoms with Crippen LogP contribution in [0.5, 0.6) is 0 Å². The molecule has 0 saturated heterocycles. The standard InChI is InChI=1S/C33H41Cl2N3O4S/c1-8-30(32(40)36-33(5,6)7)37(20-24-11-18-28(34)29(35)19-24)31(39)21-38(26-14-12-25(13-15-26)22(2)3)43(41,42)27-16-9-23(4)10-17-27/h9-19,22,30H,8,20-21H2,1-7H3,(H,36,40). The maximum atomic E-state index is 14.2. The molecule has 2 amide bonds. The number of sulfonamides is 1. The molecule has 0 spiro atoms. The highest BCUT2D eigenvalue weighted by Gasteiger charge is 2.34. The van der Waals surface area contributed by atoms with Crippen LogP contribution in [0, 0.1) is 6.92 Å². The number of hydrogen-bond donors (Lipinski definition) is 1. The Bertz CT molecular complexity index is 1530. The Morgan fingerprint density at radius 2 is 1.51 bits per heavy atom. The molecular formula is C33H41Cl2N3O4S. The van der Waals surface area contributed by atoms with Gasteiger partial charge >= 0.3 is 0 Å². The van der Waals surface area contributed by atoms with Gasteiger partial charge in [0.05, 0.1) is 20.6 Å². The summed E-state index contributed by atoms with van der Waals surface area (Å²) in [5, 5.41) is 3.64. The van der Waals surface area contributed by atoms with Crippen LogP contribution in [0.2, 0.25) is 10.0 Å². The van der Waals surface area contributed by atoms with Crippen LogP contribution >= 0.6 is 23.2 Å². The molecule has 7 nitrogen and oxygen atoms in total. The zero-order valence-electron chi connectivity index (χ0n) is 25.8. The first kappa shape index (κ1) is 34.4. The Morgan fingerprint density at radius 3 is 2.02 bits per heavy atom. The van der Waals surface area contributed by atoms with Crippen molar-refractivity contribution in [1.29, 1.82) is 0 Å². The number of benzene rings is 3. The molecule has 43 heavy (non-hydrogen) atoms. The quantitative estimate of drug-likeness (QED) is 0.236. The molecule has 0 aromatic heterocycles. The van der Waals surface area contributed by atoms with Crippen LogP contribution in [0.15, 0.2) is 71.6 Å². The van der Waals surface area contributed by atoms with Gasteiger partial charge in [-0.3, -0.25) is 13.9 Å². The van der Waals surface area contributed by atoms with E-state index in [1.807, 2.05) is 60.6 Å². The Kier molecular flexibility index (Phi) is 11.3. The highest BCUT2D eigenvalue weighted by molar-refractivity contribution is 7.92. The maximum Gasteiger partial charge on any atom is 0.264 e. The lowest BCUT2D eigenvalue weighted by atomic mass is 10.0. The number of halogens is 2. The van der Waals surface area contributed by atoms with Gasteiger partial charge in [0.1, 0.15) is 12.6 Å². The van der Waals surface area contributed by atoms with Crippen molar-refractivity contribution in [1.82, 2.24) is 10.2 Å². The van der Waals surface area contributed by atoms with Crippen molar-refractivity contribution in [3.63, 3.8) is 0 Å². The summed E-state index contributed by atoms with van der Waals surface area (Å²) < 4.78 is 29.2. The lowest BCUT2D eigenvalue weighted by Crippen LogP contribution is -2.55. The van der Waals surface area contributed by atoms with Crippen molar-refractivity contribution < 1.29 is 18.0 Å². The van der Waals surface area contributed by atoms with E-state index in [1.165, 1.54) is 17.0 Å². The molecule has 10 heteroatoms. The second-order valence-corrected chi connectivity index (χ2v) is 14.7. The second-order valence-electron chi connectivity index (χ2n) is 12.0. The summed E-state index contributed by atoms with van der Waals surface area (Å²) in [5.74, 6) is -0.630. The van der Waals surface area contributed by atoms with Crippen LogP contribution in [-0.2, 0) is 26.2 Å². The number of aryl methyl sites for hydroxylation is 1. The number of nitrogens with one attached hydrogen (secondary N) is 1. The van der Waals surface area contributed by atoms with E-state index in [-0.39, 0.29) is 23.3 Å². The highest BCUT2D eigenvalue weighted by atomic mass is 35.5. The number of anilines is 1. The molecule has 3 aromatic carbocycles. The van der Waals surface area contributed by atoms with E-state index in [4.69, 9.17) is 23.2 Å². The van der Waals surface area contributed by atoms with Crippen molar-refractivity contribution in [2.75, 3.05) is 10.8 Å². The first-order valence-electron chi connectivity index (χ1n) is 14.3. The number of nitrogens with zero attached hydrogens (tertiary/aromatic N) is 2. The second kappa shape index (κ2) is 14.1. The van der Waals surface area contributed by atoms with Gasteiger partial charge in [0, 0.05) is 12.1 Å². The molecule has 0 aliphatic heterocycles. The third-order valence-corrected chi connectivity index (χ3v) is 9.48. The van der Waals surface area contributed by atoms with Gasteiger partial charge in [-0.2, -0.15) is 0 Å². The monoisotopic (exact) mass is 645 g/mol. The fourth-order valence-corrected chi connectivity index (χ4v) is 6.33. The predicted octanol–water partition coefficient (Wildman–Crippen LogP) is 7.34. The van der Waals surface area contributed by atoms with E-state index in [1.54, 1.807) is 42.5 Å². The molecule has 0 aliphatic carbocycles. The van der Waals surface area contributed by atoms with Gasteiger partial charge in [-0.25, -0.2) is 8.42 Å². The van der Waals surface area contributed by atoms with Gasteiger partial charge < -0.3 is 10.2 Å². The van der Waals surface area contributed by atoms with E-state index in [2.05, 4.69) is 5.32 Å². The molecule has 1 atom stereocenters. The highest BCUT2D eigenvalue weighted by Crippen LogP contribution is 2.28. The third-order valence-electron chi connectivity index (χ3n) is 6.96. The molecule has 1 N–H and O–H groups in total. The van der Waals surface area contributed by atoms with Gasteiger partial charge in [0.15, 0.2) is 0 Å². The minimum Gasteiger partial charge on any atom is -0.350 e. The molecule has 1 unspecified atom stereocenters. The van der Waals surface area contributed by atoms with Gasteiger partial charge in [0.2, 0.25) is 11.8 Å². The van der Waals surface area contributed by atoms with Crippen molar-refractivity contribution >= 4 is 50.7 Å². The molecule has 0 fully saturated rings. The van der Waals surface area contributed by atoms with Gasteiger partial charge in [-0.05, 0) is 87.6 Å². The van der Waals surface area contributed by atoms with Crippen molar-refractivity contribution in [2.45, 2.75) is 83.8 Å². The van der Waals surface area contributed by atoms with Crippen LogP contribution in [0.4, 0.5) is 5.69 Å². The summed E-state index contributed by atoms with van der Waals surface area (Å²) in [6, 6.07) is 17.8. The third kappa shape index (κ3) is 8.97. The Hall–Kier alpha value is -3.07. The Balaban J connectivity index is 2.10. The SMILES string of the molecule is CCC(C(=O)NC(C)(C)C)N(Cc1ccc(Cl)c(Cl)c1)C(=O)CN(c1ccc(C(C)C)cc1)S(=O)(=O)c1ccc(C)cc1. The summed E-state index contributed by atoms with van der Waals surface area (Å²) in [4.78, 5) is 29.2. The summed E-state index contributed by atoms with van der Waals surface area (Å²) in [5.41, 5.74) is 2.40. The fraction of sp³-hybridized carbons (Fsp3) is 0.394. The van der Waals surface area contributed by atoms with Crippen LogP contribution < -0.4 is 9.62 Å². The smallest absolute Gasteiger partial charge is 0.264 e. The van der Waals surface area contributed by atoms with Crippen LogP contribution in [-0.4, -0.2) is 43.3 Å². The minimum absolute atomic E-state index is 0.0243. The summed E-state index contributed by atoms with van der Waals surface area (Å²) >= 11 is 12.4. The average Bonchev–Trinajstić information content (AvgIpc) is 2.92. The zero-order valence-corrected chi connectivity index (χ0v) is 28.1. The lowest BCUT2D eigenvalue weighted by Gasteiger charge is -2.35. The Morgan fingerprint density at radius 1 is 0.907 bits per heavy atom. The van der Waals surface area contributed by atoms with Crippen LogP contribution in [0.3, 0.4) is 0 Å². The maximum absolute atomic E-state index is 14.2. The molecule has 0 aliphatic rings. The summed E-state index contributed by atoms with van der Waals surface area (Å²) in [7, 11) is -4.15. The number of carbonyl (C=O) groups is 2. The number of rotatable bonds is 11. The topological polar surface area (TPSA) is 86.8 Å². The lowest BCUT2D eigenvalue weighted by molar-refractivity contribution is -0.141. The van der Waals surface area contributed by atoms with E-state index in [9.17, 15) is 18.0 Å². The molecule has 0 bridgehead atoms. The van der Waals surface area contributed by atoms with Crippen molar-refractivity contribution in [2.24, 2.45) is 0 Å². The number of hydrogen-bond acceptors (Lipinski definition) is 4. The normalized spacial score (nSPS) is 12.6. The minimum atomic E-state index is -4.15. The molecular weight excluding hydrogens is 605 g/mol. The van der Waals surface area contributed by atoms with E-state index in [0.717, 1.165) is 15.4 Å². The van der Waals surface area contributed by atoms with Crippen molar-refractivity contribution in [3.05, 3.63) is 93.5 Å². The largest absolute Gasteiger partial charge is 0.350 e. The number of amides is 2. The van der Waals surface area contributed by atoms with E-state index in [0.29, 0.717) is 27.7 Å². The van der Waals surface area contributed by atoms with E-state index < -0.39 is 34.1 Å². The molecule has 0 saturated carbocycles. The zero-order chi connectivity index (χ0) is 32.1. The van der Waals surface area contributed by atoms with Crippen LogP contribution in [0.1, 0.15) is 70.6 Å². The van der Waals surface area contributed by atoms with Gasteiger partial charge in [0.25, 0.3) is 10.0 Å². The summed E-state index contributed by atoms with van der Waals surface area (Å²) in [6.07, 6.45) is 0.308. The molecule has 3 rings (SSSR count). The van der Waals surface area contributed by atoms with Gasteiger partial charge in [-0.1, -0.05) is 79.9 Å². The summed E-state index contributed by atoms with van der Waals surface area (Å²) in [6.45, 7) is 12.9. The predicted molar refractivity (Wildman–Crippen MR) is 175 cm³/mol. The number of carbonyl (C=O) groups excluding carboxylic acids is 2. The van der Waals surface area contributed by atoms with Crippen LogP contribution in [0.25, 0.3) is 0 Å². The first-order chi connectivity index (χ1) is 20.0. The molecule has 3 aromatic rings. The average molecular weight is 647 g/mol. The van der Waals surface area contributed by atoms with Crippen molar-refractivity contribution in [3.8, 4) is 0 Å². The van der Waals surface area contributed by atoms with Gasteiger partial charge in [-0.15, -0.1) is 0 Å². The fourth-order valence-electron chi connectivity index (χ4n) is 4.60. The van der Waals surface area contributed by atoms with E-state index >= 15 is 0 Å². The Labute approximate surface area is 266 Å². The molecule has 0 radical (unpaired) electrons. The molecule has 232 valence electrons. The first-order valence-corrected chi connectivity index (χ1v) is 16.5.